The van der Waals surface area contributed by atoms with E-state index in [0.29, 0.717) is 11.0 Å². The van der Waals surface area contributed by atoms with Crippen molar-refractivity contribution in [1.29, 1.82) is 0 Å². The first-order chi connectivity index (χ1) is 8.78. The fourth-order valence-corrected chi connectivity index (χ4v) is 2.16. The summed E-state index contributed by atoms with van der Waals surface area (Å²) in [6.45, 7) is -0.138. The number of benzene rings is 1. The Morgan fingerprint density at radius 1 is 1.42 bits per heavy atom. The molecule has 0 spiro atoms. The zero-order valence-corrected chi connectivity index (χ0v) is 10.5. The fourth-order valence-electron chi connectivity index (χ4n) is 1.73. The maximum absolute atomic E-state index is 11.7. The lowest BCUT2D eigenvalue weighted by Gasteiger charge is -2.02. The van der Waals surface area contributed by atoms with Crippen molar-refractivity contribution in [3.63, 3.8) is 0 Å². The number of aryl methyl sites for hydroxylation is 1. The van der Waals surface area contributed by atoms with Crippen molar-refractivity contribution in [2.45, 2.75) is 6.54 Å². The molecule has 0 saturated heterocycles. The van der Waals surface area contributed by atoms with E-state index < -0.39 is 27.4 Å². The van der Waals surface area contributed by atoms with Gasteiger partial charge in [0.15, 0.2) is 0 Å². The van der Waals surface area contributed by atoms with E-state index in [9.17, 15) is 18.0 Å². The molecule has 2 rings (SSSR count). The molecule has 0 radical (unpaired) electrons. The van der Waals surface area contributed by atoms with Gasteiger partial charge in [-0.25, -0.2) is 23.1 Å². The van der Waals surface area contributed by atoms with Gasteiger partial charge in [-0.2, -0.15) is 0 Å². The van der Waals surface area contributed by atoms with Gasteiger partial charge in [0.1, 0.15) is 0 Å². The number of aromatic nitrogens is 2. The van der Waals surface area contributed by atoms with E-state index in [0.717, 1.165) is 4.57 Å². The standard InChI is InChI=1S/C10H11N3O5S/c11-19(17,18)4-3-13-8-5-6(9(14)15)1-2-7(8)12-10(13)16/h1-2,5H,3-4H2,(H,12,16)(H,14,15)(H2,11,17,18). The van der Waals surface area contributed by atoms with E-state index in [1.165, 1.54) is 18.2 Å². The van der Waals surface area contributed by atoms with E-state index in [2.05, 4.69) is 4.98 Å². The van der Waals surface area contributed by atoms with Gasteiger partial charge in [-0.15, -0.1) is 0 Å². The van der Waals surface area contributed by atoms with Crippen molar-refractivity contribution in [1.82, 2.24) is 9.55 Å². The van der Waals surface area contributed by atoms with Crippen molar-refractivity contribution in [3.8, 4) is 0 Å². The van der Waals surface area contributed by atoms with E-state index >= 15 is 0 Å². The number of hydrogen-bond donors (Lipinski definition) is 3. The molecular weight excluding hydrogens is 274 g/mol. The molecule has 0 aliphatic rings. The van der Waals surface area contributed by atoms with Crippen LogP contribution in [0.15, 0.2) is 23.0 Å². The second kappa shape index (κ2) is 4.52. The number of carboxylic acids is 1. The number of rotatable bonds is 4. The summed E-state index contributed by atoms with van der Waals surface area (Å²) in [5.41, 5.74) is 0.259. The Hall–Kier alpha value is -2.13. The molecule has 4 N–H and O–H groups in total. The average molecular weight is 285 g/mol. The Morgan fingerprint density at radius 3 is 2.68 bits per heavy atom. The highest BCUT2D eigenvalue weighted by Crippen LogP contribution is 2.13. The van der Waals surface area contributed by atoms with Crippen LogP contribution in [0.2, 0.25) is 0 Å². The van der Waals surface area contributed by atoms with Crippen molar-refractivity contribution < 1.29 is 18.3 Å². The number of aromatic carboxylic acids is 1. The van der Waals surface area contributed by atoms with Crippen molar-refractivity contribution in [3.05, 3.63) is 34.2 Å². The third-order valence-corrected chi connectivity index (χ3v) is 3.37. The maximum atomic E-state index is 11.7. The van der Waals surface area contributed by atoms with Gasteiger partial charge in [0, 0.05) is 6.54 Å². The number of carboxylic acid groups (broad SMARTS) is 1. The number of nitrogens with zero attached hydrogens (tertiary/aromatic N) is 1. The predicted molar refractivity (Wildman–Crippen MR) is 67.5 cm³/mol. The first-order valence-electron chi connectivity index (χ1n) is 5.24. The number of nitrogens with one attached hydrogen (secondary N) is 1. The summed E-state index contributed by atoms with van der Waals surface area (Å²) in [5.74, 6) is -1.54. The number of aromatic amines is 1. The van der Waals surface area contributed by atoms with Crippen LogP contribution in [0.3, 0.4) is 0 Å². The number of hydrogen-bond acceptors (Lipinski definition) is 4. The van der Waals surface area contributed by atoms with E-state index in [1.54, 1.807) is 0 Å². The Labute approximate surface area is 107 Å². The Bertz CT molecular complexity index is 802. The molecular formula is C10H11N3O5S. The van der Waals surface area contributed by atoms with Crippen molar-refractivity contribution in [2.75, 3.05) is 5.75 Å². The van der Waals surface area contributed by atoms with Gasteiger partial charge in [-0.05, 0) is 18.2 Å². The van der Waals surface area contributed by atoms with Crippen LogP contribution in [-0.4, -0.2) is 34.8 Å². The molecule has 1 heterocycles. The average Bonchev–Trinajstić information content (AvgIpc) is 2.60. The lowest BCUT2D eigenvalue weighted by molar-refractivity contribution is 0.0697. The summed E-state index contributed by atoms with van der Waals surface area (Å²) in [7, 11) is -3.70. The highest BCUT2D eigenvalue weighted by Gasteiger charge is 2.12. The van der Waals surface area contributed by atoms with Crippen LogP contribution in [-0.2, 0) is 16.6 Å². The number of H-pyrrole nitrogens is 1. The summed E-state index contributed by atoms with van der Waals surface area (Å²) in [6, 6.07) is 4.11. The summed E-state index contributed by atoms with van der Waals surface area (Å²) < 4.78 is 23.0. The Balaban J connectivity index is 2.53. The second-order valence-corrected chi connectivity index (χ2v) is 5.72. The number of fused-ring (bicyclic) bond motifs is 1. The highest BCUT2D eigenvalue weighted by molar-refractivity contribution is 7.89. The summed E-state index contributed by atoms with van der Waals surface area (Å²) in [5, 5.41) is 13.8. The zero-order valence-electron chi connectivity index (χ0n) is 9.66. The Kier molecular flexibility index (Phi) is 3.16. The molecule has 0 aliphatic heterocycles. The fraction of sp³-hybridized carbons (Fsp3) is 0.200. The van der Waals surface area contributed by atoms with E-state index in [-0.39, 0.29) is 12.1 Å². The molecule has 1 aromatic heterocycles. The van der Waals surface area contributed by atoms with Crippen LogP contribution in [0.5, 0.6) is 0 Å². The SMILES string of the molecule is NS(=O)(=O)CCn1c(=O)[nH]c2ccc(C(=O)O)cc21. The summed E-state index contributed by atoms with van der Waals surface area (Å²) in [4.78, 5) is 25.0. The molecule has 9 heteroatoms. The highest BCUT2D eigenvalue weighted by atomic mass is 32.2. The molecule has 1 aromatic carbocycles. The number of carbonyl (C=O) groups is 1. The van der Waals surface area contributed by atoms with Gasteiger partial charge in [-0.1, -0.05) is 0 Å². The quantitative estimate of drug-likeness (QED) is 0.683. The first kappa shape index (κ1) is 13.3. The minimum atomic E-state index is -3.70. The monoisotopic (exact) mass is 285 g/mol. The minimum Gasteiger partial charge on any atom is -0.478 e. The summed E-state index contributed by atoms with van der Waals surface area (Å²) in [6.07, 6.45) is 0. The maximum Gasteiger partial charge on any atom is 0.335 e. The van der Waals surface area contributed by atoms with Gasteiger partial charge in [0.25, 0.3) is 0 Å². The normalized spacial score (nSPS) is 11.8. The predicted octanol–water partition coefficient (Wildman–Crippen LogP) is -0.684. The molecule has 2 aromatic rings. The van der Waals surface area contributed by atoms with E-state index in [4.69, 9.17) is 10.2 Å². The molecule has 0 bridgehead atoms. The lowest BCUT2D eigenvalue weighted by atomic mass is 10.2. The van der Waals surface area contributed by atoms with Crippen LogP contribution in [0, 0.1) is 0 Å². The van der Waals surface area contributed by atoms with Gasteiger partial charge < -0.3 is 10.1 Å². The number of sulfonamides is 1. The molecule has 0 amide bonds. The van der Waals surface area contributed by atoms with Crippen molar-refractivity contribution >= 4 is 27.0 Å². The lowest BCUT2D eigenvalue weighted by Crippen LogP contribution is -2.25. The number of primary sulfonamides is 1. The number of nitrogens with two attached hydrogens (primary N) is 1. The number of imidazole rings is 1. The topological polar surface area (TPSA) is 135 Å². The molecule has 19 heavy (non-hydrogen) atoms. The zero-order chi connectivity index (χ0) is 14.2. The van der Waals surface area contributed by atoms with E-state index in [1.807, 2.05) is 0 Å². The van der Waals surface area contributed by atoms with Crippen molar-refractivity contribution in [2.24, 2.45) is 5.14 Å². The van der Waals surface area contributed by atoms with Crippen LogP contribution in [0.1, 0.15) is 10.4 Å². The van der Waals surface area contributed by atoms with Crippen LogP contribution in [0.25, 0.3) is 11.0 Å². The van der Waals surface area contributed by atoms with Gasteiger partial charge in [0.2, 0.25) is 10.0 Å². The molecule has 102 valence electrons. The molecule has 0 aliphatic carbocycles. The first-order valence-corrected chi connectivity index (χ1v) is 6.96. The minimum absolute atomic E-state index is 0.0101. The molecule has 0 unspecified atom stereocenters. The molecule has 0 atom stereocenters. The van der Waals surface area contributed by atoms with Crippen LogP contribution < -0.4 is 10.8 Å². The van der Waals surface area contributed by atoms with Crippen LogP contribution in [0.4, 0.5) is 0 Å². The third-order valence-electron chi connectivity index (χ3n) is 2.62. The van der Waals surface area contributed by atoms with Gasteiger partial charge in [-0.3, -0.25) is 4.57 Å². The largest absolute Gasteiger partial charge is 0.478 e. The van der Waals surface area contributed by atoms with Crippen LogP contribution >= 0.6 is 0 Å². The summed E-state index contributed by atoms with van der Waals surface area (Å²) >= 11 is 0. The molecule has 0 saturated carbocycles. The second-order valence-electron chi connectivity index (χ2n) is 3.99. The smallest absolute Gasteiger partial charge is 0.335 e. The molecule has 8 nitrogen and oxygen atoms in total. The van der Waals surface area contributed by atoms with Gasteiger partial charge in [0.05, 0.1) is 22.3 Å². The molecule has 0 fully saturated rings. The Morgan fingerprint density at radius 2 is 2.11 bits per heavy atom. The van der Waals surface area contributed by atoms with Gasteiger partial charge >= 0.3 is 11.7 Å². The third kappa shape index (κ3) is 2.83.